The van der Waals surface area contributed by atoms with E-state index in [0.717, 1.165) is 43.2 Å². The van der Waals surface area contributed by atoms with E-state index in [2.05, 4.69) is 27.5 Å². The van der Waals surface area contributed by atoms with Crippen LogP contribution in [0.5, 0.6) is 0 Å². The van der Waals surface area contributed by atoms with E-state index < -0.39 is 0 Å². The lowest BCUT2D eigenvalue weighted by atomic mass is 9.89. The molecule has 2 rings (SSSR count). The summed E-state index contributed by atoms with van der Waals surface area (Å²) in [7, 11) is 0. The number of hydrogen-bond donors (Lipinski definition) is 2. The van der Waals surface area contributed by atoms with Gasteiger partial charge in [0.2, 0.25) is 0 Å². The molecule has 0 aliphatic heterocycles. The van der Waals surface area contributed by atoms with Crippen molar-refractivity contribution in [1.82, 2.24) is 9.97 Å². The molecule has 1 aromatic rings. The van der Waals surface area contributed by atoms with E-state index in [9.17, 15) is 0 Å². The molecule has 1 saturated carbocycles. The molecule has 1 aliphatic carbocycles. The Morgan fingerprint density at radius 3 is 2.67 bits per heavy atom. The molecule has 0 saturated heterocycles. The standard InChI is InChI=1S/C13H22N4O/c1-4-14-12-9(3)13(16-8-15-12)17-10-6-11(7-10)18-5-2/h8,10-11H,4-7H2,1-3H3,(H2,14,15,16,17). The summed E-state index contributed by atoms with van der Waals surface area (Å²) in [6.45, 7) is 7.81. The van der Waals surface area contributed by atoms with Gasteiger partial charge in [0.25, 0.3) is 0 Å². The summed E-state index contributed by atoms with van der Waals surface area (Å²) in [6, 6.07) is 0.477. The summed E-state index contributed by atoms with van der Waals surface area (Å²) >= 11 is 0. The molecule has 1 fully saturated rings. The van der Waals surface area contributed by atoms with Gasteiger partial charge >= 0.3 is 0 Å². The van der Waals surface area contributed by atoms with Crippen molar-refractivity contribution in [3.8, 4) is 0 Å². The van der Waals surface area contributed by atoms with E-state index in [0.29, 0.717) is 12.1 Å². The fraction of sp³-hybridized carbons (Fsp3) is 0.692. The number of hydrogen-bond acceptors (Lipinski definition) is 5. The molecule has 100 valence electrons. The highest BCUT2D eigenvalue weighted by atomic mass is 16.5. The Morgan fingerprint density at radius 2 is 2.00 bits per heavy atom. The maximum absolute atomic E-state index is 5.55. The highest BCUT2D eigenvalue weighted by Gasteiger charge is 2.30. The van der Waals surface area contributed by atoms with Gasteiger partial charge in [-0.1, -0.05) is 0 Å². The number of aromatic nitrogens is 2. The van der Waals surface area contributed by atoms with Crippen molar-refractivity contribution in [1.29, 1.82) is 0 Å². The molecule has 5 nitrogen and oxygen atoms in total. The number of anilines is 2. The van der Waals surface area contributed by atoms with E-state index in [-0.39, 0.29) is 0 Å². The van der Waals surface area contributed by atoms with E-state index in [1.54, 1.807) is 6.33 Å². The molecule has 0 aromatic carbocycles. The van der Waals surface area contributed by atoms with Gasteiger partial charge in [-0.05, 0) is 33.6 Å². The summed E-state index contributed by atoms with van der Waals surface area (Å²) in [5.74, 6) is 1.84. The van der Waals surface area contributed by atoms with Gasteiger partial charge in [-0.3, -0.25) is 0 Å². The molecule has 0 radical (unpaired) electrons. The SMILES string of the molecule is CCNc1ncnc(NC2CC(OCC)C2)c1C. The fourth-order valence-corrected chi connectivity index (χ4v) is 2.19. The van der Waals surface area contributed by atoms with Crippen LogP contribution >= 0.6 is 0 Å². The zero-order valence-electron chi connectivity index (χ0n) is 11.4. The summed E-state index contributed by atoms with van der Waals surface area (Å²) in [6.07, 6.45) is 4.15. The maximum atomic E-state index is 5.55. The maximum Gasteiger partial charge on any atom is 0.134 e. The van der Waals surface area contributed by atoms with Crippen LogP contribution in [-0.4, -0.2) is 35.3 Å². The molecule has 0 atom stereocenters. The van der Waals surface area contributed by atoms with Crippen LogP contribution in [0.2, 0.25) is 0 Å². The number of ether oxygens (including phenoxy) is 1. The summed E-state index contributed by atoms with van der Waals surface area (Å²) < 4.78 is 5.55. The quantitative estimate of drug-likeness (QED) is 0.810. The third-order valence-electron chi connectivity index (χ3n) is 3.27. The van der Waals surface area contributed by atoms with E-state index in [4.69, 9.17) is 4.74 Å². The van der Waals surface area contributed by atoms with Gasteiger partial charge in [0.1, 0.15) is 18.0 Å². The Labute approximate surface area is 108 Å². The number of nitrogens with one attached hydrogen (secondary N) is 2. The minimum atomic E-state index is 0.419. The first-order chi connectivity index (χ1) is 8.74. The lowest BCUT2D eigenvalue weighted by Gasteiger charge is -2.36. The monoisotopic (exact) mass is 250 g/mol. The van der Waals surface area contributed by atoms with E-state index >= 15 is 0 Å². The smallest absolute Gasteiger partial charge is 0.134 e. The topological polar surface area (TPSA) is 59.1 Å². The third kappa shape index (κ3) is 2.90. The normalized spacial score (nSPS) is 22.4. The van der Waals surface area contributed by atoms with Gasteiger partial charge in [0, 0.05) is 24.8 Å². The van der Waals surface area contributed by atoms with Crippen LogP contribution in [0.4, 0.5) is 11.6 Å². The molecule has 1 heterocycles. The van der Waals surface area contributed by atoms with Crippen molar-refractivity contribution in [3.05, 3.63) is 11.9 Å². The van der Waals surface area contributed by atoms with Crippen LogP contribution in [0.3, 0.4) is 0 Å². The fourth-order valence-electron chi connectivity index (χ4n) is 2.19. The minimum Gasteiger partial charge on any atom is -0.378 e. The van der Waals surface area contributed by atoms with Gasteiger partial charge in [-0.2, -0.15) is 0 Å². The molecular formula is C13H22N4O. The lowest BCUT2D eigenvalue weighted by Crippen LogP contribution is -2.41. The Hall–Kier alpha value is -1.36. The Bertz CT molecular complexity index is 391. The molecule has 0 spiro atoms. The summed E-state index contributed by atoms with van der Waals surface area (Å²) in [5.41, 5.74) is 1.08. The van der Waals surface area contributed by atoms with Gasteiger partial charge in [-0.15, -0.1) is 0 Å². The Kier molecular flexibility index (Phi) is 4.36. The van der Waals surface area contributed by atoms with Crippen LogP contribution in [0.15, 0.2) is 6.33 Å². The lowest BCUT2D eigenvalue weighted by molar-refractivity contribution is 0.00291. The van der Waals surface area contributed by atoms with Crippen LogP contribution < -0.4 is 10.6 Å². The summed E-state index contributed by atoms with van der Waals surface area (Å²) in [5, 5.41) is 6.70. The first kappa shape index (κ1) is 13.1. The summed E-state index contributed by atoms with van der Waals surface area (Å²) in [4.78, 5) is 8.55. The van der Waals surface area contributed by atoms with E-state index in [1.165, 1.54) is 0 Å². The molecule has 1 aliphatic rings. The van der Waals surface area contributed by atoms with Gasteiger partial charge < -0.3 is 15.4 Å². The second-order valence-electron chi connectivity index (χ2n) is 4.62. The van der Waals surface area contributed by atoms with Crippen molar-refractivity contribution in [3.63, 3.8) is 0 Å². The zero-order valence-corrected chi connectivity index (χ0v) is 11.4. The van der Waals surface area contributed by atoms with Crippen molar-refractivity contribution < 1.29 is 4.74 Å². The molecular weight excluding hydrogens is 228 g/mol. The van der Waals surface area contributed by atoms with Crippen molar-refractivity contribution >= 4 is 11.6 Å². The second kappa shape index (κ2) is 6.00. The molecule has 2 N–H and O–H groups in total. The third-order valence-corrected chi connectivity index (χ3v) is 3.27. The van der Waals surface area contributed by atoms with Crippen molar-refractivity contribution in [2.45, 2.75) is 45.8 Å². The van der Waals surface area contributed by atoms with Gasteiger partial charge in [0.05, 0.1) is 6.10 Å². The molecule has 0 unspecified atom stereocenters. The highest BCUT2D eigenvalue weighted by Crippen LogP contribution is 2.28. The minimum absolute atomic E-state index is 0.419. The first-order valence-corrected chi connectivity index (χ1v) is 6.68. The average Bonchev–Trinajstić information content (AvgIpc) is 2.31. The number of rotatable bonds is 6. The average molecular weight is 250 g/mol. The van der Waals surface area contributed by atoms with Crippen LogP contribution in [0.1, 0.15) is 32.3 Å². The van der Waals surface area contributed by atoms with Gasteiger partial charge in [0.15, 0.2) is 0 Å². The van der Waals surface area contributed by atoms with Crippen LogP contribution in [-0.2, 0) is 4.74 Å². The first-order valence-electron chi connectivity index (χ1n) is 6.68. The van der Waals surface area contributed by atoms with Gasteiger partial charge in [-0.25, -0.2) is 9.97 Å². The molecule has 18 heavy (non-hydrogen) atoms. The Morgan fingerprint density at radius 1 is 1.28 bits per heavy atom. The second-order valence-corrected chi connectivity index (χ2v) is 4.62. The zero-order chi connectivity index (χ0) is 13.0. The Balaban J connectivity index is 1.92. The van der Waals surface area contributed by atoms with E-state index in [1.807, 2.05) is 13.8 Å². The number of nitrogens with zero attached hydrogens (tertiary/aromatic N) is 2. The van der Waals surface area contributed by atoms with Crippen LogP contribution in [0, 0.1) is 6.92 Å². The molecule has 5 heteroatoms. The molecule has 1 aromatic heterocycles. The predicted molar refractivity (Wildman–Crippen MR) is 73.0 cm³/mol. The molecule has 0 amide bonds. The highest BCUT2D eigenvalue weighted by molar-refractivity contribution is 5.56. The van der Waals surface area contributed by atoms with Crippen molar-refractivity contribution in [2.75, 3.05) is 23.8 Å². The largest absolute Gasteiger partial charge is 0.378 e. The van der Waals surface area contributed by atoms with Crippen molar-refractivity contribution in [2.24, 2.45) is 0 Å². The van der Waals surface area contributed by atoms with Crippen LogP contribution in [0.25, 0.3) is 0 Å². The predicted octanol–water partition coefficient (Wildman–Crippen LogP) is 2.20. The molecule has 0 bridgehead atoms.